The van der Waals surface area contributed by atoms with Gasteiger partial charge in [-0.2, -0.15) is 0 Å². The predicted molar refractivity (Wildman–Crippen MR) is 54.1 cm³/mol. The highest BCUT2D eigenvalue weighted by molar-refractivity contribution is 6.07. The lowest BCUT2D eigenvalue weighted by Crippen LogP contribution is -2.38. The number of nitrogens with one attached hydrogen (secondary N) is 3. The van der Waals surface area contributed by atoms with Crippen molar-refractivity contribution in [1.29, 1.82) is 0 Å². The van der Waals surface area contributed by atoms with Crippen molar-refractivity contribution in [2.45, 2.75) is 0 Å². The number of carbonyl (C=O) groups is 1. The van der Waals surface area contributed by atoms with E-state index in [1.165, 1.54) is 12.1 Å². The molecular formula is C9H10N4O2. The number of hydrazone groups is 1. The fraction of sp³-hybridized carbons (Fsp3) is 0.111. The molecular weight excluding hydrogens is 196 g/mol. The highest BCUT2D eigenvalue weighted by atomic mass is 16.3. The second-order valence-electron chi connectivity index (χ2n) is 2.94. The molecule has 0 atom stereocenters. The summed E-state index contributed by atoms with van der Waals surface area (Å²) in [5.41, 5.74) is 2.86. The summed E-state index contributed by atoms with van der Waals surface area (Å²) in [6.45, 7) is 0.483. The number of guanidine groups is 1. The van der Waals surface area contributed by atoms with Crippen molar-refractivity contribution in [2.75, 3.05) is 6.67 Å². The number of rotatable bonds is 1. The normalized spacial score (nSPS) is 13.7. The van der Waals surface area contributed by atoms with Crippen LogP contribution in [-0.4, -0.2) is 23.6 Å². The van der Waals surface area contributed by atoms with Gasteiger partial charge in [0, 0.05) is 0 Å². The number of nitrogens with zero attached hydrogens (tertiary/aromatic N) is 1. The number of benzene rings is 1. The lowest BCUT2D eigenvalue weighted by atomic mass is 10.2. The average Bonchev–Trinajstić information content (AvgIpc) is 2.71. The Morgan fingerprint density at radius 1 is 1.47 bits per heavy atom. The maximum absolute atomic E-state index is 11.6. The maximum Gasteiger partial charge on any atom is 0.261 e. The SMILES string of the molecule is O=C(NC1=NNCN1)c1ccccc1O. The Morgan fingerprint density at radius 3 is 2.93 bits per heavy atom. The lowest BCUT2D eigenvalue weighted by molar-refractivity contribution is 0.0973. The molecule has 1 aromatic carbocycles. The molecule has 1 amide bonds. The Labute approximate surface area is 86.0 Å². The number of phenols is 1. The summed E-state index contributed by atoms with van der Waals surface area (Å²) in [4.78, 5) is 11.6. The first-order valence-electron chi connectivity index (χ1n) is 4.41. The first-order chi connectivity index (χ1) is 7.27. The standard InChI is InChI=1S/C9H10N4O2/c14-7-4-2-1-3-6(7)8(15)12-9-10-5-11-13-9/h1-4,11,14H,5H2,(H2,10,12,13,15). The Balaban J connectivity index is 2.11. The Bertz CT molecular complexity index is 416. The van der Waals surface area contributed by atoms with E-state index < -0.39 is 5.91 Å². The fourth-order valence-electron chi connectivity index (χ4n) is 1.19. The van der Waals surface area contributed by atoms with E-state index >= 15 is 0 Å². The third kappa shape index (κ3) is 1.98. The van der Waals surface area contributed by atoms with Crippen molar-refractivity contribution in [3.8, 4) is 5.75 Å². The largest absolute Gasteiger partial charge is 0.507 e. The summed E-state index contributed by atoms with van der Waals surface area (Å²) >= 11 is 0. The quantitative estimate of drug-likeness (QED) is 0.501. The van der Waals surface area contributed by atoms with E-state index in [1.54, 1.807) is 12.1 Å². The molecule has 6 nitrogen and oxygen atoms in total. The summed E-state index contributed by atoms with van der Waals surface area (Å²) in [7, 11) is 0. The van der Waals surface area contributed by atoms with Gasteiger partial charge < -0.3 is 10.4 Å². The molecule has 1 aliphatic rings. The highest BCUT2D eigenvalue weighted by Crippen LogP contribution is 2.14. The zero-order valence-corrected chi connectivity index (χ0v) is 7.82. The van der Waals surface area contributed by atoms with Crippen LogP contribution in [0.25, 0.3) is 0 Å². The number of hydrogen-bond acceptors (Lipinski definition) is 5. The molecule has 0 saturated carbocycles. The van der Waals surface area contributed by atoms with Gasteiger partial charge in [-0.15, -0.1) is 5.10 Å². The van der Waals surface area contributed by atoms with Gasteiger partial charge in [-0.25, -0.2) is 0 Å². The first kappa shape index (κ1) is 9.32. The van der Waals surface area contributed by atoms with Gasteiger partial charge in [-0.3, -0.25) is 15.5 Å². The zero-order valence-electron chi connectivity index (χ0n) is 7.82. The Morgan fingerprint density at radius 2 is 2.27 bits per heavy atom. The summed E-state index contributed by atoms with van der Waals surface area (Å²) in [5.74, 6) is -0.104. The lowest BCUT2D eigenvalue weighted by Gasteiger charge is -2.05. The van der Waals surface area contributed by atoms with Crippen LogP contribution < -0.4 is 16.1 Å². The van der Waals surface area contributed by atoms with Gasteiger partial charge in [0.05, 0.1) is 5.56 Å². The van der Waals surface area contributed by atoms with Gasteiger partial charge in [0.15, 0.2) is 0 Å². The van der Waals surface area contributed by atoms with Crippen LogP contribution in [0.4, 0.5) is 0 Å². The molecule has 0 aliphatic carbocycles. The second-order valence-corrected chi connectivity index (χ2v) is 2.94. The number of para-hydroxylation sites is 1. The Kier molecular flexibility index (Phi) is 2.40. The van der Waals surface area contributed by atoms with Crippen molar-refractivity contribution < 1.29 is 9.90 Å². The number of carbonyl (C=O) groups excluding carboxylic acids is 1. The molecule has 2 rings (SSSR count). The molecule has 0 bridgehead atoms. The van der Waals surface area contributed by atoms with Crippen molar-refractivity contribution in [3.05, 3.63) is 29.8 Å². The number of amides is 1. The molecule has 15 heavy (non-hydrogen) atoms. The fourth-order valence-corrected chi connectivity index (χ4v) is 1.19. The minimum Gasteiger partial charge on any atom is -0.507 e. The summed E-state index contributed by atoms with van der Waals surface area (Å²) < 4.78 is 0. The van der Waals surface area contributed by atoms with Crippen LogP contribution in [0.3, 0.4) is 0 Å². The highest BCUT2D eigenvalue weighted by Gasteiger charge is 2.13. The van der Waals surface area contributed by atoms with E-state index in [0.29, 0.717) is 12.6 Å². The summed E-state index contributed by atoms with van der Waals surface area (Å²) in [6, 6.07) is 6.32. The molecule has 6 heteroatoms. The van der Waals surface area contributed by atoms with E-state index in [0.717, 1.165) is 0 Å². The van der Waals surface area contributed by atoms with Crippen molar-refractivity contribution >= 4 is 11.9 Å². The van der Waals surface area contributed by atoms with Crippen molar-refractivity contribution in [3.63, 3.8) is 0 Å². The molecule has 1 aromatic rings. The molecule has 1 heterocycles. The molecule has 0 aromatic heterocycles. The van der Waals surface area contributed by atoms with Crippen LogP contribution in [0.2, 0.25) is 0 Å². The van der Waals surface area contributed by atoms with Gasteiger partial charge in [-0.1, -0.05) is 12.1 Å². The summed E-state index contributed by atoms with van der Waals surface area (Å²) in [6.07, 6.45) is 0. The van der Waals surface area contributed by atoms with Gasteiger partial charge in [0.1, 0.15) is 12.4 Å². The van der Waals surface area contributed by atoms with Crippen LogP contribution in [0.15, 0.2) is 29.4 Å². The topological polar surface area (TPSA) is 85.8 Å². The number of phenolic OH excluding ortho intramolecular Hbond substituents is 1. The smallest absolute Gasteiger partial charge is 0.261 e. The molecule has 0 saturated heterocycles. The molecule has 78 valence electrons. The molecule has 4 N–H and O–H groups in total. The molecule has 0 spiro atoms. The van der Waals surface area contributed by atoms with E-state index in [1.807, 2.05) is 0 Å². The van der Waals surface area contributed by atoms with Gasteiger partial charge >= 0.3 is 0 Å². The van der Waals surface area contributed by atoms with Crippen LogP contribution >= 0.6 is 0 Å². The van der Waals surface area contributed by atoms with Crippen LogP contribution in [0.5, 0.6) is 5.75 Å². The van der Waals surface area contributed by atoms with Gasteiger partial charge in [0.2, 0.25) is 5.96 Å². The maximum atomic E-state index is 11.6. The molecule has 0 radical (unpaired) electrons. The third-order valence-corrected chi connectivity index (χ3v) is 1.91. The minimum absolute atomic E-state index is 0.0541. The molecule has 0 unspecified atom stereocenters. The number of aromatic hydroxyl groups is 1. The van der Waals surface area contributed by atoms with Crippen LogP contribution in [-0.2, 0) is 0 Å². The molecule has 0 fully saturated rings. The first-order valence-corrected chi connectivity index (χ1v) is 4.41. The summed E-state index contributed by atoms with van der Waals surface area (Å²) in [5, 5.41) is 18.5. The monoisotopic (exact) mass is 206 g/mol. The third-order valence-electron chi connectivity index (χ3n) is 1.91. The minimum atomic E-state index is -0.400. The van der Waals surface area contributed by atoms with E-state index in [4.69, 9.17) is 0 Å². The van der Waals surface area contributed by atoms with Crippen molar-refractivity contribution in [2.24, 2.45) is 5.10 Å². The van der Waals surface area contributed by atoms with E-state index in [9.17, 15) is 9.90 Å². The zero-order chi connectivity index (χ0) is 10.7. The van der Waals surface area contributed by atoms with E-state index in [2.05, 4.69) is 21.2 Å². The van der Waals surface area contributed by atoms with Crippen LogP contribution in [0.1, 0.15) is 10.4 Å². The molecule has 1 aliphatic heterocycles. The predicted octanol–water partition coefficient (Wildman–Crippen LogP) is -0.457. The Hall–Kier alpha value is -2.24. The van der Waals surface area contributed by atoms with Gasteiger partial charge in [0.25, 0.3) is 5.91 Å². The van der Waals surface area contributed by atoms with E-state index in [-0.39, 0.29) is 11.3 Å². The van der Waals surface area contributed by atoms with Crippen LogP contribution in [0, 0.1) is 0 Å². The number of hydrogen-bond donors (Lipinski definition) is 4. The van der Waals surface area contributed by atoms with Crippen molar-refractivity contribution in [1.82, 2.24) is 16.1 Å². The van der Waals surface area contributed by atoms with Gasteiger partial charge in [-0.05, 0) is 12.1 Å². The average molecular weight is 206 g/mol. The second kappa shape index (κ2) is 3.87.